The molecule has 0 saturated carbocycles. The molecule has 5 nitrogen and oxygen atoms in total. The second-order valence-electron chi connectivity index (χ2n) is 5.93. The van der Waals surface area contributed by atoms with Gasteiger partial charge in [-0.2, -0.15) is 0 Å². The zero-order valence-electron chi connectivity index (χ0n) is 13.5. The summed E-state index contributed by atoms with van der Waals surface area (Å²) in [5.74, 6) is 0. The Hall–Kier alpha value is -2.21. The zero-order valence-corrected chi connectivity index (χ0v) is 14.3. The van der Waals surface area contributed by atoms with E-state index in [0.29, 0.717) is 6.42 Å². The lowest BCUT2D eigenvalue weighted by molar-refractivity contribution is 0.207. The summed E-state index contributed by atoms with van der Waals surface area (Å²) in [5, 5.41) is -0.867. The van der Waals surface area contributed by atoms with Crippen LogP contribution in [0, 0.1) is 6.92 Å². The Labute approximate surface area is 142 Å². The molecule has 1 aromatic heterocycles. The van der Waals surface area contributed by atoms with Gasteiger partial charge in [-0.3, -0.25) is 4.98 Å². The first kappa shape index (κ1) is 16.6. The number of benzene rings is 1. The number of pyridine rings is 1. The third kappa shape index (κ3) is 3.64. The minimum Gasteiger partial charge on any atom is -0.477 e. The number of rotatable bonds is 6. The topological polar surface area (TPSA) is 68.6 Å². The molecule has 2 heterocycles. The summed E-state index contributed by atoms with van der Waals surface area (Å²) in [6.07, 6.45) is 6.68. The van der Waals surface area contributed by atoms with Gasteiger partial charge in [0, 0.05) is 12.4 Å². The van der Waals surface area contributed by atoms with Crippen molar-refractivity contribution in [2.24, 2.45) is 4.99 Å². The van der Waals surface area contributed by atoms with Gasteiger partial charge in [-0.15, -0.1) is 0 Å². The van der Waals surface area contributed by atoms with E-state index in [0.717, 1.165) is 24.0 Å². The van der Waals surface area contributed by atoms with E-state index < -0.39 is 21.3 Å². The number of ether oxygens (including phenoxy) is 1. The van der Waals surface area contributed by atoms with E-state index in [9.17, 15) is 8.42 Å². The largest absolute Gasteiger partial charge is 0.477 e. The van der Waals surface area contributed by atoms with Crippen molar-refractivity contribution in [3.05, 3.63) is 59.9 Å². The van der Waals surface area contributed by atoms with E-state index in [1.54, 1.807) is 30.5 Å². The van der Waals surface area contributed by atoms with Crippen LogP contribution in [0.15, 0.2) is 58.7 Å². The van der Waals surface area contributed by atoms with Crippen molar-refractivity contribution in [3.63, 3.8) is 0 Å². The predicted molar refractivity (Wildman–Crippen MR) is 92.7 cm³/mol. The maximum atomic E-state index is 12.8. The SMILES string of the molecule is Cc1ccc(S(=O)(=O)C2N=COC2CCCc2cccnc2)cc1. The maximum absolute atomic E-state index is 12.8. The van der Waals surface area contributed by atoms with Gasteiger partial charge in [0.2, 0.25) is 9.84 Å². The third-order valence-electron chi connectivity index (χ3n) is 4.11. The number of aromatic nitrogens is 1. The van der Waals surface area contributed by atoms with Crippen molar-refractivity contribution in [1.82, 2.24) is 4.98 Å². The van der Waals surface area contributed by atoms with Crippen LogP contribution >= 0.6 is 0 Å². The molecule has 24 heavy (non-hydrogen) atoms. The van der Waals surface area contributed by atoms with Crippen LogP contribution in [0.25, 0.3) is 0 Å². The first-order valence-electron chi connectivity index (χ1n) is 7.94. The molecular weight excluding hydrogens is 324 g/mol. The van der Waals surface area contributed by atoms with E-state index in [1.165, 1.54) is 6.40 Å². The van der Waals surface area contributed by atoms with E-state index in [-0.39, 0.29) is 4.90 Å². The summed E-state index contributed by atoms with van der Waals surface area (Å²) < 4.78 is 31.0. The van der Waals surface area contributed by atoms with Gasteiger partial charge in [-0.1, -0.05) is 23.8 Å². The van der Waals surface area contributed by atoms with Crippen molar-refractivity contribution in [1.29, 1.82) is 0 Å². The van der Waals surface area contributed by atoms with E-state index in [2.05, 4.69) is 9.98 Å². The quantitative estimate of drug-likeness (QED) is 0.808. The average Bonchev–Trinajstić information content (AvgIpc) is 3.06. The van der Waals surface area contributed by atoms with Crippen LogP contribution in [-0.4, -0.2) is 31.3 Å². The van der Waals surface area contributed by atoms with Crippen LogP contribution in [0.5, 0.6) is 0 Å². The lowest BCUT2D eigenvalue weighted by Gasteiger charge is -2.17. The van der Waals surface area contributed by atoms with Gasteiger partial charge in [0.25, 0.3) is 0 Å². The highest BCUT2D eigenvalue weighted by atomic mass is 32.2. The average molecular weight is 344 g/mol. The summed E-state index contributed by atoms with van der Waals surface area (Å²) >= 11 is 0. The first-order valence-corrected chi connectivity index (χ1v) is 9.48. The number of hydrogen-bond acceptors (Lipinski definition) is 5. The fraction of sp³-hybridized carbons (Fsp3) is 0.333. The maximum Gasteiger partial charge on any atom is 0.205 e. The van der Waals surface area contributed by atoms with Gasteiger partial charge in [-0.05, 0) is 49.9 Å². The number of hydrogen-bond donors (Lipinski definition) is 0. The van der Waals surface area contributed by atoms with E-state index in [4.69, 9.17) is 4.74 Å². The standard InChI is InChI=1S/C18H20N2O3S/c1-14-7-9-16(10-8-14)24(21,22)18-17(23-13-20-18)6-2-4-15-5-3-11-19-12-15/h3,5,7-13,17-18H,2,4,6H2,1H3. The van der Waals surface area contributed by atoms with Crippen LogP contribution in [0.4, 0.5) is 0 Å². The third-order valence-corrected chi connectivity index (χ3v) is 6.10. The van der Waals surface area contributed by atoms with Crippen LogP contribution in [0.3, 0.4) is 0 Å². The van der Waals surface area contributed by atoms with Crippen molar-refractivity contribution >= 4 is 16.2 Å². The molecule has 0 aliphatic carbocycles. The molecule has 0 bridgehead atoms. The summed E-state index contributed by atoms with van der Waals surface area (Å²) in [7, 11) is -3.53. The molecule has 2 unspecified atom stereocenters. The Morgan fingerprint density at radius 3 is 2.67 bits per heavy atom. The van der Waals surface area contributed by atoms with Gasteiger partial charge in [0.1, 0.15) is 6.10 Å². The van der Waals surface area contributed by atoms with Gasteiger partial charge in [0.15, 0.2) is 11.8 Å². The number of aliphatic imine (C=N–C) groups is 1. The fourth-order valence-electron chi connectivity index (χ4n) is 2.75. The Kier molecular flexibility index (Phi) is 4.94. The fourth-order valence-corrected chi connectivity index (χ4v) is 4.35. The minimum absolute atomic E-state index is 0.290. The molecule has 1 aromatic carbocycles. The Balaban J connectivity index is 1.66. The molecule has 0 amide bonds. The molecule has 0 spiro atoms. The lowest BCUT2D eigenvalue weighted by Crippen LogP contribution is -2.30. The highest BCUT2D eigenvalue weighted by Crippen LogP contribution is 2.26. The number of sulfone groups is 1. The van der Waals surface area contributed by atoms with Crippen molar-refractivity contribution < 1.29 is 13.2 Å². The number of aryl methyl sites for hydroxylation is 2. The highest BCUT2D eigenvalue weighted by Gasteiger charge is 2.38. The molecule has 1 aliphatic rings. The molecule has 0 saturated heterocycles. The van der Waals surface area contributed by atoms with Gasteiger partial charge < -0.3 is 4.74 Å². The molecule has 0 radical (unpaired) electrons. The van der Waals surface area contributed by atoms with Crippen LogP contribution in [0.1, 0.15) is 24.0 Å². The molecule has 0 N–H and O–H groups in total. The molecule has 1 aliphatic heterocycles. The van der Waals surface area contributed by atoms with Crippen LogP contribution in [0.2, 0.25) is 0 Å². The molecule has 2 atom stereocenters. The second kappa shape index (κ2) is 7.13. The zero-order chi connectivity index (χ0) is 17.0. The molecule has 6 heteroatoms. The lowest BCUT2D eigenvalue weighted by atomic mass is 10.1. The van der Waals surface area contributed by atoms with Crippen molar-refractivity contribution in [2.75, 3.05) is 0 Å². The molecule has 2 aromatic rings. The van der Waals surface area contributed by atoms with E-state index >= 15 is 0 Å². The minimum atomic E-state index is -3.53. The summed E-state index contributed by atoms with van der Waals surface area (Å²) in [6.45, 7) is 1.93. The highest BCUT2D eigenvalue weighted by molar-refractivity contribution is 7.92. The monoisotopic (exact) mass is 344 g/mol. The van der Waals surface area contributed by atoms with Crippen molar-refractivity contribution in [2.45, 2.75) is 42.6 Å². The summed E-state index contributed by atoms with van der Waals surface area (Å²) in [5.41, 5.74) is 2.16. The molecule has 0 fully saturated rings. The number of nitrogens with zero attached hydrogens (tertiary/aromatic N) is 2. The Morgan fingerprint density at radius 1 is 1.17 bits per heavy atom. The summed E-state index contributed by atoms with van der Waals surface area (Å²) in [4.78, 5) is 8.44. The molecular formula is C18H20N2O3S. The van der Waals surface area contributed by atoms with Gasteiger partial charge >= 0.3 is 0 Å². The Morgan fingerprint density at radius 2 is 1.96 bits per heavy atom. The van der Waals surface area contributed by atoms with Gasteiger partial charge in [-0.25, -0.2) is 13.4 Å². The smallest absolute Gasteiger partial charge is 0.205 e. The van der Waals surface area contributed by atoms with Crippen LogP contribution in [-0.2, 0) is 21.0 Å². The molecule has 126 valence electrons. The van der Waals surface area contributed by atoms with E-state index in [1.807, 2.05) is 25.3 Å². The second-order valence-corrected chi connectivity index (χ2v) is 7.98. The Bertz CT molecular complexity index is 802. The first-order chi connectivity index (χ1) is 11.6. The predicted octanol–water partition coefficient (Wildman–Crippen LogP) is 2.94. The summed E-state index contributed by atoms with van der Waals surface area (Å²) in [6, 6.07) is 10.8. The molecule has 3 rings (SSSR count). The van der Waals surface area contributed by atoms with Crippen LogP contribution < -0.4 is 0 Å². The van der Waals surface area contributed by atoms with Crippen molar-refractivity contribution in [3.8, 4) is 0 Å². The van der Waals surface area contributed by atoms with Gasteiger partial charge in [0.05, 0.1) is 4.90 Å². The normalized spacial score (nSPS) is 20.0.